The first-order chi connectivity index (χ1) is 13.3. The van der Waals surface area contributed by atoms with Gasteiger partial charge in [0.05, 0.1) is 12.3 Å². The van der Waals surface area contributed by atoms with Gasteiger partial charge in [-0.05, 0) is 50.5 Å². The first kappa shape index (κ1) is 20.3. The number of H-pyrrole nitrogens is 1. The molecule has 7 nitrogen and oxygen atoms in total. The van der Waals surface area contributed by atoms with Crippen molar-refractivity contribution >= 4 is 5.91 Å². The number of amides is 1. The summed E-state index contributed by atoms with van der Waals surface area (Å²) in [5, 5.41) is 13.6. The van der Waals surface area contributed by atoms with E-state index in [4.69, 9.17) is 9.47 Å². The summed E-state index contributed by atoms with van der Waals surface area (Å²) < 4.78 is 11.6. The Morgan fingerprint density at radius 1 is 1.33 bits per heavy atom. The summed E-state index contributed by atoms with van der Waals surface area (Å²) in [7, 11) is 0. The highest BCUT2D eigenvalue weighted by Gasteiger charge is 2.35. The number of carbonyl (C=O) groups is 1. The molecule has 1 amide bonds. The number of hydrogen-bond donors (Lipinski definition) is 3. The average molecular weight is 379 g/mol. The lowest BCUT2D eigenvalue weighted by molar-refractivity contribution is -0.127. The quantitative estimate of drug-likeness (QED) is 0.610. The van der Waals surface area contributed by atoms with Crippen LogP contribution in [0.5, 0.6) is 0 Å². The van der Waals surface area contributed by atoms with E-state index < -0.39 is 0 Å². The molecular weight excluding hydrogens is 344 g/mol. The minimum absolute atomic E-state index is 0.0631. The van der Waals surface area contributed by atoms with Gasteiger partial charge in [-0.3, -0.25) is 9.89 Å². The van der Waals surface area contributed by atoms with E-state index in [9.17, 15) is 4.79 Å². The molecule has 2 aliphatic rings. The summed E-state index contributed by atoms with van der Waals surface area (Å²) in [5.41, 5.74) is 1.12. The van der Waals surface area contributed by atoms with Gasteiger partial charge in [0, 0.05) is 50.6 Å². The van der Waals surface area contributed by atoms with Crippen molar-refractivity contribution in [1.82, 2.24) is 20.8 Å². The first-order valence-corrected chi connectivity index (χ1v) is 10.5. The molecule has 0 spiro atoms. The smallest absolute Gasteiger partial charge is 0.223 e. The van der Waals surface area contributed by atoms with Gasteiger partial charge in [-0.2, -0.15) is 5.10 Å². The fraction of sp³-hybridized carbons (Fsp3) is 0.800. The van der Waals surface area contributed by atoms with Crippen LogP contribution in [0, 0.1) is 5.92 Å². The standard InChI is InChI=1S/C20H34N4O3/c1-2-9-27-19-4-3-16(12-18(19)24-17-6-10-26-11-7-17)20(25)21-8-5-15-13-22-23-14-15/h13-14,16-19,24H,2-12H2,1H3,(H,21,25)(H,22,23)/t16-,18+,19+/m0/s1. The SMILES string of the molecule is CCCO[C@@H]1CC[C@H](C(=O)NCCc2cn[nH]c2)C[C@H]1NC1CCOCC1. The highest BCUT2D eigenvalue weighted by Crippen LogP contribution is 2.28. The molecule has 3 atom stereocenters. The molecular formula is C20H34N4O3. The normalized spacial score (nSPS) is 26.8. The Kier molecular flexibility index (Phi) is 8.10. The second-order valence-corrected chi connectivity index (χ2v) is 7.73. The summed E-state index contributed by atoms with van der Waals surface area (Å²) in [6, 6.07) is 0.720. The number of hydrogen-bond acceptors (Lipinski definition) is 5. The van der Waals surface area contributed by atoms with Crippen molar-refractivity contribution < 1.29 is 14.3 Å². The Hall–Kier alpha value is -1.44. The molecule has 152 valence electrons. The molecule has 2 heterocycles. The zero-order chi connectivity index (χ0) is 18.9. The Morgan fingerprint density at radius 2 is 2.19 bits per heavy atom. The predicted octanol–water partition coefficient (Wildman–Crippen LogP) is 1.80. The number of ether oxygens (including phenoxy) is 2. The highest BCUT2D eigenvalue weighted by molar-refractivity contribution is 5.78. The van der Waals surface area contributed by atoms with Crippen molar-refractivity contribution in [3.8, 4) is 0 Å². The van der Waals surface area contributed by atoms with Gasteiger partial charge < -0.3 is 20.1 Å². The van der Waals surface area contributed by atoms with E-state index >= 15 is 0 Å². The molecule has 0 aromatic carbocycles. The third kappa shape index (κ3) is 6.30. The van der Waals surface area contributed by atoms with Crippen LogP contribution >= 0.6 is 0 Å². The lowest BCUT2D eigenvalue weighted by atomic mass is 9.82. The second-order valence-electron chi connectivity index (χ2n) is 7.73. The predicted molar refractivity (Wildman–Crippen MR) is 103 cm³/mol. The fourth-order valence-electron chi connectivity index (χ4n) is 4.08. The van der Waals surface area contributed by atoms with Crippen LogP contribution in [0.2, 0.25) is 0 Å². The molecule has 27 heavy (non-hydrogen) atoms. The Morgan fingerprint density at radius 3 is 2.93 bits per heavy atom. The van der Waals surface area contributed by atoms with Crippen LogP contribution in [-0.4, -0.2) is 60.7 Å². The van der Waals surface area contributed by atoms with Gasteiger partial charge in [0.1, 0.15) is 0 Å². The topological polar surface area (TPSA) is 88.3 Å². The summed E-state index contributed by atoms with van der Waals surface area (Å²) in [6.07, 6.45) is 10.5. The van der Waals surface area contributed by atoms with E-state index in [1.165, 1.54) is 0 Å². The molecule has 1 aliphatic heterocycles. The Balaban J connectivity index is 1.49. The van der Waals surface area contributed by atoms with E-state index in [-0.39, 0.29) is 24.0 Å². The van der Waals surface area contributed by atoms with Gasteiger partial charge in [-0.1, -0.05) is 6.92 Å². The first-order valence-electron chi connectivity index (χ1n) is 10.5. The molecule has 2 fully saturated rings. The summed E-state index contributed by atoms with van der Waals surface area (Å²) in [6.45, 7) is 5.23. The van der Waals surface area contributed by atoms with E-state index in [1.807, 2.05) is 6.20 Å². The van der Waals surface area contributed by atoms with Crippen molar-refractivity contribution in [3.63, 3.8) is 0 Å². The maximum Gasteiger partial charge on any atom is 0.223 e. The van der Waals surface area contributed by atoms with Gasteiger partial charge in [0.25, 0.3) is 0 Å². The maximum absolute atomic E-state index is 12.7. The molecule has 0 bridgehead atoms. The lowest BCUT2D eigenvalue weighted by Gasteiger charge is -2.39. The van der Waals surface area contributed by atoms with Crippen LogP contribution in [0.1, 0.15) is 51.0 Å². The van der Waals surface area contributed by atoms with Crippen molar-refractivity contribution in [2.75, 3.05) is 26.4 Å². The highest BCUT2D eigenvalue weighted by atomic mass is 16.5. The van der Waals surface area contributed by atoms with Crippen LogP contribution in [0.4, 0.5) is 0 Å². The Labute approximate surface area is 162 Å². The maximum atomic E-state index is 12.7. The fourth-order valence-corrected chi connectivity index (χ4v) is 4.08. The Bertz CT molecular complexity index is 545. The van der Waals surface area contributed by atoms with Crippen molar-refractivity contribution in [3.05, 3.63) is 18.0 Å². The van der Waals surface area contributed by atoms with Crippen molar-refractivity contribution in [1.29, 1.82) is 0 Å². The zero-order valence-corrected chi connectivity index (χ0v) is 16.4. The largest absolute Gasteiger partial charge is 0.381 e. The van der Waals surface area contributed by atoms with E-state index in [0.29, 0.717) is 12.6 Å². The monoisotopic (exact) mass is 378 g/mol. The lowest BCUT2D eigenvalue weighted by Crippen LogP contribution is -2.52. The van der Waals surface area contributed by atoms with E-state index in [0.717, 1.165) is 70.3 Å². The molecule has 1 saturated carbocycles. The molecule has 7 heteroatoms. The van der Waals surface area contributed by atoms with Gasteiger partial charge in [0.2, 0.25) is 5.91 Å². The zero-order valence-electron chi connectivity index (χ0n) is 16.4. The van der Waals surface area contributed by atoms with Gasteiger partial charge >= 0.3 is 0 Å². The minimum atomic E-state index is 0.0631. The molecule has 3 rings (SSSR count). The average Bonchev–Trinajstić information content (AvgIpc) is 3.21. The second kappa shape index (κ2) is 10.8. The number of aromatic nitrogens is 2. The summed E-state index contributed by atoms with van der Waals surface area (Å²) in [5.74, 6) is 0.236. The van der Waals surface area contributed by atoms with E-state index in [2.05, 4.69) is 27.8 Å². The van der Waals surface area contributed by atoms with Crippen LogP contribution in [0.15, 0.2) is 12.4 Å². The summed E-state index contributed by atoms with van der Waals surface area (Å²) >= 11 is 0. The van der Waals surface area contributed by atoms with Crippen molar-refractivity contribution in [2.24, 2.45) is 5.92 Å². The molecule has 3 N–H and O–H groups in total. The molecule has 1 aromatic heterocycles. The van der Waals surface area contributed by atoms with Gasteiger partial charge in [0.15, 0.2) is 0 Å². The molecule has 1 saturated heterocycles. The molecule has 0 unspecified atom stereocenters. The summed E-state index contributed by atoms with van der Waals surface area (Å²) in [4.78, 5) is 12.7. The minimum Gasteiger partial charge on any atom is -0.381 e. The third-order valence-electron chi connectivity index (χ3n) is 5.63. The van der Waals surface area contributed by atoms with Crippen LogP contribution in [0.25, 0.3) is 0 Å². The number of nitrogens with one attached hydrogen (secondary N) is 3. The third-order valence-corrected chi connectivity index (χ3v) is 5.63. The van der Waals surface area contributed by atoms with Gasteiger partial charge in [-0.25, -0.2) is 0 Å². The van der Waals surface area contributed by atoms with Crippen molar-refractivity contribution in [2.45, 2.75) is 70.1 Å². The van der Waals surface area contributed by atoms with Crippen LogP contribution in [0.3, 0.4) is 0 Å². The number of aromatic amines is 1. The number of rotatable bonds is 9. The van der Waals surface area contributed by atoms with Gasteiger partial charge in [-0.15, -0.1) is 0 Å². The van der Waals surface area contributed by atoms with Crippen LogP contribution in [-0.2, 0) is 20.7 Å². The number of nitrogens with zero attached hydrogens (tertiary/aromatic N) is 1. The molecule has 1 aromatic rings. The molecule has 0 radical (unpaired) electrons. The van der Waals surface area contributed by atoms with Crippen LogP contribution < -0.4 is 10.6 Å². The molecule has 1 aliphatic carbocycles. The van der Waals surface area contributed by atoms with E-state index in [1.54, 1.807) is 6.20 Å². The number of carbonyl (C=O) groups excluding carboxylic acids is 1.